The van der Waals surface area contributed by atoms with Gasteiger partial charge in [-0.15, -0.1) is 0 Å². The third-order valence-electron chi connectivity index (χ3n) is 3.14. The van der Waals surface area contributed by atoms with Gasteiger partial charge in [-0.3, -0.25) is 4.79 Å². The minimum absolute atomic E-state index is 0.166. The summed E-state index contributed by atoms with van der Waals surface area (Å²) in [7, 11) is 0. The highest BCUT2D eigenvalue weighted by molar-refractivity contribution is 5.88. The number of anilines is 2. The first-order valence-corrected chi connectivity index (χ1v) is 5.85. The molecular formula is C12H14N4O2. The largest absolute Gasteiger partial charge is 0.397 e. The molecule has 0 bridgehead atoms. The van der Waals surface area contributed by atoms with Crippen LogP contribution in [0.3, 0.4) is 0 Å². The van der Waals surface area contributed by atoms with E-state index in [0.717, 1.165) is 18.8 Å². The van der Waals surface area contributed by atoms with Crippen molar-refractivity contribution < 1.29 is 4.74 Å². The van der Waals surface area contributed by atoms with Crippen LogP contribution >= 0.6 is 0 Å². The fourth-order valence-electron chi connectivity index (χ4n) is 2.20. The molecule has 0 spiro atoms. The molecule has 1 aliphatic rings. The van der Waals surface area contributed by atoms with E-state index in [9.17, 15) is 4.79 Å². The molecule has 0 saturated carbocycles. The van der Waals surface area contributed by atoms with E-state index in [1.54, 1.807) is 6.07 Å². The summed E-state index contributed by atoms with van der Waals surface area (Å²) in [6, 6.07) is 3.55. The Labute approximate surface area is 103 Å². The summed E-state index contributed by atoms with van der Waals surface area (Å²) in [5, 5.41) is 0.520. The van der Waals surface area contributed by atoms with Gasteiger partial charge in [0.05, 0.1) is 41.8 Å². The minimum Gasteiger partial charge on any atom is -0.397 e. The lowest BCUT2D eigenvalue weighted by Crippen LogP contribution is -2.36. The predicted molar refractivity (Wildman–Crippen MR) is 69.8 cm³/mol. The van der Waals surface area contributed by atoms with Gasteiger partial charge in [-0.2, -0.15) is 0 Å². The molecule has 6 nitrogen and oxygen atoms in total. The normalized spacial score (nSPS) is 16.1. The highest BCUT2D eigenvalue weighted by Gasteiger charge is 2.15. The smallest absolute Gasteiger partial charge is 0.258 e. The second-order valence-corrected chi connectivity index (χ2v) is 4.26. The molecule has 18 heavy (non-hydrogen) atoms. The molecule has 1 aromatic carbocycles. The van der Waals surface area contributed by atoms with Crippen LogP contribution in [0.25, 0.3) is 10.9 Å². The Morgan fingerprint density at radius 3 is 2.89 bits per heavy atom. The maximum Gasteiger partial charge on any atom is 0.258 e. The Hall–Kier alpha value is -2.08. The average Bonchev–Trinajstić information content (AvgIpc) is 2.40. The van der Waals surface area contributed by atoms with Crippen molar-refractivity contribution in [1.82, 2.24) is 9.97 Å². The maximum atomic E-state index is 11.6. The zero-order valence-corrected chi connectivity index (χ0v) is 9.85. The van der Waals surface area contributed by atoms with E-state index in [4.69, 9.17) is 10.5 Å². The van der Waals surface area contributed by atoms with Crippen LogP contribution in [0.2, 0.25) is 0 Å². The van der Waals surface area contributed by atoms with E-state index in [2.05, 4.69) is 14.9 Å². The standard InChI is InChI=1S/C12H14N4O2/c13-9-5-8-10(14-7-15-12(8)17)6-11(9)16-1-3-18-4-2-16/h5-7H,1-4,13H2,(H,14,15,17). The number of hydrogen-bond acceptors (Lipinski definition) is 5. The van der Waals surface area contributed by atoms with E-state index < -0.39 is 0 Å². The molecule has 0 aliphatic carbocycles. The van der Waals surface area contributed by atoms with Crippen molar-refractivity contribution in [1.29, 1.82) is 0 Å². The van der Waals surface area contributed by atoms with E-state index in [1.165, 1.54) is 6.33 Å². The maximum absolute atomic E-state index is 11.6. The SMILES string of the molecule is Nc1cc2c(=O)[nH]cnc2cc1N1CCOCC1. The number of fused-ring (bicyclic) bond motifs is 1. The molecule has 2 heterocycles. The topological polar surface area (TPSA) is 84.2 Å². The summed E-state index contributed by atoms with van der Waals surface area (Å²) in [5.74, 6) is 0. The number of nitrogens with two attached hydrogens (primary N) is 1. The van der Waals surface area contributed by atoms with Crippen LogP contribution in [0.1, 0.15) is 0 Å². The van der Waals surface area contributed by atoms with Gasteiger partial charge >= 0.3 is 0 Å². The molecule has 2 aromatic rings. The number of aromatic nitrogens is 2. The van der Waals surface area contributed by atoms with Crippen LogP contribution in [-0.2, 0) is 4.74 Å². The first kappa shape index (κ1) is 11.0. The second-order valence-electron chi connectivity index (χ2n) is 4.26. The summed E-state index contributed by atoms with van der Waals surface area (Å²) in [6.45, 7) is 3.00. The molecule has 3 N–H and O–H groups in total. The summed E-state index contributed by atoms with van der Waals surface area (Å²) in [4.78, 5) is 20.5. The number of benzene rings is 1. The molecule has 0 radical (unpaired) electrons. The average molecular weight is 246 g/mol. The Bertz CT molecular complexity index is 632. The van der Waals surface area contributed by atoms with Gasteiger partial charge in [0.25, 0.3) is 5.56 Å². The number of ether oxygens (including phenoxy) is 1. The van der Waals surface area contributed by atoms with Crippen LogP contribution in [0.5, 0.6) is 0 Å². The molecule has 94 valence electrons. The molecule has 0 amide bonds. The minimum atomic E-state index is -0.166. The van der Waals surface area contributed by atoms with Crippen molar-refractivity contribution >= 4 is 22.3 Å². The lowest BCUT2D eigenvalue weighted by molar-refractivity contribution is 0.123. The van der Waals surface area contributed by atoms with Crippen molar-refractivity contribution in [3.05, 3.63) is 28.8 Å². The van der Waals surface area contributed by atoms with Crippen LogP contribution < -0.4 is 16.2 Å². The number of nitrogen functional groups attached to an aromatic ring is 1. The Kier molecular flexibility index (Phi) is 2.64. The molecule has 1 aliphatic heterocycles. The van der Waals surface area contributed by atoms with Gasteiger partial charge in [-0.25, -0.2) is 4.98 Å². The predicted octanol–water partition coefficient (Wildman–Crippen LogP) is 0.342. The van der Waals surface area contributed by atoms with E-state index in [0.29, 0.717) is 29.8 Å². The number of nitrogens with one attached hydrogen (secondary N) is 1. The Morgan fingerprint density at radius 1 is 1.33 bits per heavy atom. The van der Waals surface area contributed by atoms with E-state index >= 15 is 0 Å². The monoisotopic (exact) mass is 246 g/mol. The van der Waals surface area contributed by atoms with E-state index in [1.807, 2.05) is 6.07 Å². The Morgan fingerprint density at radius 2 is 2.11 bits per heavy atom. The highest BCUT2D eigenvalue weighted by atomic mass is 16.5. The van der Waals surface area contributed by atoms with Gasteiger partial charge in [0.15, 0.2) is 0 Å². The zero-order chi connectivity index (χ0) is 12.5. The van der Waals surface area contributed by atoms with Crippen molar-refractivity contribution in [2.45, 2.75) is 0 Å². The molecule has 0 atom stereocenters. The number of rotatable bonds is 1. The van der Waals surface area contributed by atoms with E-state index in [-0.39, 0.29) is 5.56 Å². The fraction of sp³-hybridized carbons (Fsp3) is 0.333. The van der Waals surface area contributed by atoms with Crippen molar-refractivity contribution in [3.63, 3.8) is 0 Å². The molecular weight excluding hydrogens is 232 g/mol. The van der Waals surface area contributed by atoms with Gasteiger partial charge in [-0.1, -0.05) is 0 Å². The summed E-state index contributed by atoms with van der Waals surface area (Å²) < 4.78 is 5.31. The highest BCUT2D eigenvalue weighted by Crippen LogP contribution is 2.27. The summed E-state index contributed by atoms with van der Waals surface area (Å²) in [5.41, 5.74) is 8.04. The van der Waals surface area contributed by atoms with Crippen LogP contribution in [0.4, 0.5) is 11.4 Å². The lowest BCUT2D eigenvalue weighted by Gasteiger charge is -2.29. The number of aromatic amines is 1. The summed E-state index contributed by atoms with van der Waals surface area (Å²) >= 11 is 0. The van der Waals surface area contributed by atoms with Gasteiger partial charge in [-0.05, 0) is 12.1 Å². The first-order valence-electron chi connectivity index (χ1n) is 5.85. The van der Waals surface area contributed by atoms with Crippen molar-refractivity contribution in [3.8, 4) is 0 Å². The van der Waals surface area contributed by atoms with Crippen LogP contribution in [0, 0.1) is 0 Å². The number of hydrogen-bond donors (Lipinski definition) is 2. The van der Waals surface area contributed by atoms with Crippen LogP contribution in [-0.4, -0.2) is 36.3 Å². The first-order chi connectivity index (χ1) is 8.75. The summed E-state index contributed by atoms with van der Waals surface area (Å²) in [6.07, 6.45) is 1.41. The number of nitrogens with zero attached hydrogens (tertiary/aromatic N) is 2. The zero-order valence-electron chi connectivity index (χ0n) is 9.85. The molecule has 1 aromatic heterocycles. The molecule has 1 fully saturated rings. The lowest BCUT2D eigenvalue weighted by atomic mass is 10.1. The van der Waals surface area contributed by atoms with Crippen LogP contribution in [0.15, 0.2) is 23.3 Å². The second kappa shape index (κ2) is 4.30. The fourth-order valence-corrected chi connectivity index (χ4v) is 2.20. The van der Waals surface area contributed by atoms with Gasteiger partial charge in [0.1, 0.15) is 0 Å². The van der Waals surface area contributed by atoms with Crippen molar-refractivity contribution in [2.24, 2.45) is 0 Å². The molecule has 6 heteroatoms. The van der Waals surface area contributed by atoms with Crippen molar-refractivity contribution in [2.75, 3.05) is 36.9 Å². The van der Waals surface area contributed by atoms with Gasteiger partial charge in [0, 0.05) is 13.1 Å². The third kappa shape index (κ3) is 1.80. The quantitative estimate of drug-likeness (QED) is 0.709. The Balaban J connectivity index is 2.12. The third-order valence-corrected chi connectivity index (χ3v) is 3.14. The molecule has 0 unspecified atom stereocenters. The van der Waals surface area contributed by atoms with Gasteiger partial charge in [0.2, 0.25) is 0 Å². The number of morpholine rings is 1. The number of H-pyrrole nitrogens is 1. The van der Waals surface area contributed by atoms with Gasteiger partial charge < -0.3 is 20.4 Å². The molecule has 3 rings (SSSR count). The molecule has 1 saturated heterocycles.